The third-order valence-electron chi connectivity index (χ3n) is 2.63. The highest BCUT2D eigenvalue weighted by Crippen LogP contribution is 2.26. The van der Waals surface area contributed by atoms with Gasteiger partial charge in [-0.05, 0) is 12.8 Å². The van der Waals surface area contributed by atoms with Gasteiger partial charge in [0, 0.05) is 12.1 Å². The Bertz CT molecular complexity index is 122. The molecule has 0 aromatic rings. The van der Waals surface area contributed by atoms with Gasteiger partial charge in [-0.15, -0.1) is 0 Å². The van der Waals surface area contributed by atoms with Gasteiger partial charge in [-0.1, -0.05) is 6.42 Å². The molecule has 2 heterocycles. The van der Waals surface area contributed by atoms with Gasteiger partial charge in [0.2, 0.25) is 0 Å². The zero-order valence-electron chi connectivity index (χ0n) is 5.83. The minimum atomic E-state index is -0.521. The quantitative estimate of drug-likeness (QED) is 0.417. The van der Waals surface area contributed by atoms with Gasteiger partial charge in [0.15, 0.2) is 0 Å². The standard InChI is InChI=1S/C7H13NO2/c9-6-4-2-1-3-5(8-4)7(6)10/h4-10H,1-3H2. The molecular formula is C7H13NO2. The largest absolute Gasteiger partial charge is 0.389 e. The van der Waals surface area contributed by atoms with E-state index in [1.165, 1.54) is 0 Å². The molecule has 2 aliphatic heterocycles. The highest BCUT2D eigenvalue weighted by Gasteiger charge is 2.42. The number of aliphatic hydroxyl groups is 2. The molecule has 0 spiro atoms. The minimum Gasteiger partial charge on any atom is -0.389 e. The van der Waals surface area contributed by atoms with Crippen LogP contribution in [-0.2, 0) is 0 Å². The minimum absolute atomic E-state index is 0.161. The van der Waals surface area contributed by atoms with Crippen molar-refractivity contribution in [3.05, 3.63) is 0 Å². The lowest BCUT2D eigenvalue weighted by atomic mass is 10.1. The van der Waals surface area contributed by atoms with Crippen molar-refractivity contribution in [2.24, 2.45) is 0 Å². The number of piperidine rings is 1. The van der Waals surface area contributed by atoms with Gasteiger partial charge in [0.25, 0.3) is 0 Å². The van der Waals surface area contributed by atoms with Crippen LogP contribution in [0.3, 0.4) is 0 Å². The van der Waals surface area contributed by atoms with Gasteiger partial charge in [0.05, 0.1) is 12.2 Å². The lowest BCUT2D eigenvalue weighted by Gasteiger charge is -2.20. The molecule has 2 rings (SSSR count). The Balaban J connectivity index is 2.13. The van der Waals surface area contributed by atoms with Crippen LogP contribution in [0, 0.1) is 0 Å². The van der Waals surface area contributed by atoms with Crippen molar-refractivity contribution in [3.8, 4) is 0 Å². The van der Waals surface area contributed by atoms with Crippen LogP contribution in [-0.4, -0.2) is 34.5 Å². The van der Waals surface area contributed by atoms with E-state index in [1.54, 1.807) is 0 Å². The van der Waals surface area contributed by atoms with Crippen LogP contribution in [0.15, 0.2) is 0 Å². The Labute approximate surface area is 60.1 Å². The number of fused-ring (bicyclic) bond motifs is 2. The Hall–Kier alpha value is -0.120. The lowest BCUT2D eigenvalue weighted by molar-refractivity contribution is 0.0327. The van der Waals surface area contributed by atoms with Crippen molar-refractivity contribution in [2.75, 3.05) is 0 Å². The first-order valence-corrected chi connectivity index (χ1v) is 3.91. The van der Waals surface area contributed by atoms with E-state index in [2.05, 4.69) is 5.32 Å². The van der Waals surface area contributed by atoms with E-state index in [-0.39, 0.29) is 12.1 Å². The van der Waals surface area contributed by atoms with Crippen LogP contribution in [0.5, 0.6) is 0 Å². The summed E-state index contributed by atoms with van der Waals surface area (Å²) in [5.74, 6) is 0. The lowest BCUT2D eigenvalue weighted by Crippen LogP contribution is -2.37. The highest BCUT2D eigenvalue weighted by molar-refractivity contribution is 5.00. The number of hydrogen-bond acceptors (Lipinski definition) is 3. The fraction of sp³-hybridized carbons (Fsp3) is 1.00. The van der Waals surface area contributed by atoms with Crippen molar-refractivity contribution in [3.63, 3.8) is 0 Å². The van der Waals surface area contributed by atoms with Crippen LogP contribution >= 0.6 is 0 Å². The van der Waals surface area contributed by atoms with Crippen molar-refractivity contribution in [1.82, 2.24) is 5.32 Å². The molecule has 10 heavy (non-hydrogen) atoms. The molecule has 3 N–H and O–H groups in total. The summed E-state index contributed by atoms with van der Waals surface area (Å²) in [5, 5.41) is 21.9. The van der Waals surface area contributed by atoms with Gasteiger partial charge in [-0.2, -0.15) is 0 Å². The monoisotopic (exact) mass is 143 g/mol. The maximum atomic E-state index is 9.36. The average molecular weight is 143 g/mol. The molecule has 3 heteroatoms. The molecule has 2 aliphatic rings. The molecule has 4 atom stereocenters. The molecule has 2 bridgehead atoms. The average Bonchev–Trinajstić information content (AvgIpc) is 2.17. The van der Waals surface area contributed by atoms with Crippen LogP contribution in [0.25, 0.3) is 0 Å². The summed E-state index contributed by atoms with van der Waals surface area (Å²) in [4.78, 5) is 0. The van der Waals surface area contributed by atoms with Gasteiger partial charge in [-0.25, -0.2) is 0 Å². The maximum Gasteiger partial charge on any atom is 0.0967 e. The Morgan fingerprint density at radius 3 is 1.90 bits per heavy atom. The van der Waals surface area contributed by atoms with E-state index in [1.807, 2.05) is 0 Å². The molecule has 0 aliphatic carbocycles. The van der Waals surface area contributed by atoms with Crippen LogP contribution < -0.4 is 5.32 Å². The van der Waals surface area contributed by atoms with Gasteiger partial charge in [-0.3, -0.25) is 0 Å². The van der Waals surface area contributed by atoms with E-state index < -0.39 is 12.2 Å². The molecule has 0 aromatic heterocycles. The molecule has 0 radical (unpaired) electrons. The number of hydrogen-bond donors (Lipinski definition) is 3. The summed E-state index contributed by atoms with van der Waals surface area (Å²) < 4.78 is 0. The number of aliphatic hydroxyl groups excluding tert-OH is 2. The summed E-state index contributed by atoms with van der Waals surface area (Å²) in [7, 11) is 0. The van der Waals surface area contributed by atoms with Crippen LogP contribution in [0.2, 0.25) is 0 Å². The second-order valence-electron chi connectivity index (χ2n) is 3.29. The molecule has 2 saturated heterocycles. The fourth-order valence-electron chi connectivity index (χ4n) is 2.01. The Morgan fingerprint density at radius 2 is 1.50 bits per heavy atom. The molecule has 0 aromatic carbocycles. The van der Waals surface area contributed by atoms with Crippen molar-refractivity contribution >= 4 is 0 Å². The smallest absolute Gasteiger partial charge is 0.0967 e. The molecular weight excluding hydrogens is 130 g/mol. The Kier molecular flexibility index (Phi) is 1.44. The van der Waals surface area contributed by atoms with Crippen LogP contribution in [0.4, 0.5) is 0 Å². The molecule has 2 fully saturated rings. The predicted molar refractivity (Wildman–Crippen MR) is 36.6 cm³/mol. The SMILES string of the molecule is OC1C2CCCC(N2)C1O. The molecule has 3 nitrogen and oxygen atoms in total. The van der Waals surface area contributed by atoms with Gasteiger partial charge >= 0.3 is 0 Å². The number of rotatable bonds is 0. The normalized spacial score (nSPS) is 53.4. The fourth-order valence-corrected chi connectivity index (χ4v) is 2.01. The summed E-state index contributed by atoms with van der Waals surface area (Å²) in [6, 6.07) is 0.322. The zero-order chi connectivity index (χ0) is 7.14. The topological polar surface area (TPSA) is 52.5 Å². The highest BCUT2D eigenvalue weighted by atomic mass is 16.3. The van der Waals surface area contributed by atoms with Crippen LogP contribution in [0.1, 0.15) is 19.3 Å². The van der Waals surface area contributed by atoms with E-state index in [0.29, 0.717) is 0 Å². The summed E-state index contributed by atoms with van der Waals surface area (Å²) in [5.41, 5.74) is 0. The van der Waals surface area contributed by atoms with E-state index in [9.17, 15) is 10.2 Å². The Morgan fingerprint density at radius 1 is 1.00 bits per heavy atom. The van der Waals surface area contributed by atoms with Crippen molar-refractivity contribution in [2.45, 2.75) is 43.6 Å². The van der Waals surface area contributed by atoms with Crippen molar-refractivity contribution in [1.29, 1.82) is 0 Å². The van der Waals surface area contributed by atoms with E-state index in [0.717, 1.165) is 19.3 Å². The summed E-state index contributed by atoms with van der Waals surface area (Å²) in [6.45, 7) is 0. The second kappa shape index (κ2) is 2.19. The first-order chi connectivity index (χ1) is 4.79. The summed E-state index contributed by atoms with van der Waals surface area (Å²) >= 11 is 0. The first-order valence-electron chi connectivity index (χ1n) is 3.91. The molecule has 58 valence electrons. The van der Waals surface area contributed by atoms with Crippen molar-refractivity contribution < 1.29 is 10.2 Å². The third kappa shape index (κ3) is 0.779. The second-order valence-corrected chi connectivity index (χ2v) is 3.29. The predicted octanol–water partition coefficient (Wildman–Crippen LogP) is -0.768. The number of nitrogens with one attached hydrogen (secondary N) is 1. The molecule has 4 unspecified atom stereocenters. The third-order valence-corrected chi connectivity index (χ3v) is 2.63. The van der Waals surface area contributed by atoms with E-state index in [4.69, 9.17) is 0 Å². The van der Waals surface area contributed by atoms with E-state index >= 15 is 0 Å². The molecule has 0 amide bonds. The maximum absolute atomic E-state index is 9.36. The van der Waals surface area contributed by atoms with Gasteiger partial charge in [0.1, 0.15) is 0 Å². The zero-order valence-corrected chi connectivity index (χ0v) is 5.83. The molecule has 0 saturated carbocycles. The summed E-state index contributed by atoms with van der Waals surface area (Å²) in [6.07, 6.45) is 2.11. The van der Waals surface area contributed by atoms with Gasteiger partial charge < -0.3 is 15.5 Å². The first kappa shape index (κ1) is 6.58.